The number of benzene rings is 4. The van der Waals surface area contributed by atoms with E-state index in [2.05, 4.69) is 170 Å². The fourth-order valence-electron chi connectivity index (χ4n) is 9.92. The van der Waals surface area contributed by atoms with E-state index >= 15 is 0 Å². The highest BCUT2D eigenvalue weighted by Crippen LogP contribution is 2.57. The van der Waals surface area contributed by atoms with Gasteiger partial charge in [-0.25, -0.2) is 0 Å². The summed E-state index contributed by atoms with van der Waals surface area (Å²) in [6, 6.07) is 32.6. The summed E-state index contributed by atoms with van der Waals surface area (Å²) in [7, 11) is 2.29. The lowest BCUT2D eigenvalue weighted by Crippen LogP contribution is -2.49. The lowest BCUT2D eigenvalue weighted by molar-refractivity contribution is 0.121. The first kappa shape index (κ1) is 32.3. The van der Waals surface area contributed by atoms with E-state index in [-0.39, 0.29) is 11.6 Å². The fraction of sp³-hybridized carbons (Fsp3) is 0.312. The van der Waals surface area contributed by atoms with Crippen molar-refractivity contribution in [2.24, 2.45) is 16.8 Å². The minimum Gasteiger partial charge on any atom is -0.308 e. The molecule has 0 radical (unpaired) electrons. The number of rotatable bonds is 4. The first-order chi connectivity index (χ1) is 25.4. The third-order valence-corrected chi connectivity index (χ3v) is 14.8. The lowest BCUT2D eigenvalue weighted by atomic mass is 9.73. The van der Waals surface area contributed by atoms with E-state index in [1.807, 2.05) is 0 Å². The van der Waals surface area contributed by atoms with Crippen LogP contribution in [0.1, 0.15) is 81.3 Å². The summed E-state index contributed by atoms with van der Waals surface area (Å²) in [5.41, 5.74) is 13.2. The third kappa shape index (κ3) is 4.87. The quantitative estimate of drug-likeness (QED) is 0.174. The van der Waals surface area contributed by atoms with Gasteiger partial charge in [-0.1, -0.05) is 118 Å². The van der Waals surface area contributed by atoms with Crippen LogP contribution in [0, 0.1) is 11.8 Å². The zero-order valence-electron chi connectivity index (χ0n) is 30.7. The molecule has 6 unspecified atom stereocenters. The summed E-state index contributed by atoms with van der Waals surface area (Å²) in [6.45, 7) is 7.33. The van der Waals surface area contributed by atoms with Gasteiger partial charge in [-0.2, -0.15) is 0 Å². The van der Waals surface area contributed by atoms with Crippen molar-refractivity contribution >= 4 is 44.9 Å². The van der Waals surface area contributed by atoms with Crippen molar-refractivity contribution in [2.75, 3.05) is 7.05 Å². The molecule has 0 saturated heterocycles. The average molecular weight is 698 g/mol. The van der Waals surface area contributed by atoms with Crippen molar-refractivity contribution in [3.63, 3.8) is 0 Å². The van der Waals surface area contributed by atoms with E-state index in [0.717, 1.165) is 37.8 Å². The van der Waals surface area contributed by atoms with Crippen molar-refractivity contribution in [3.8, 4) is 5.69 Å². The van der Waals surface area contributed by atoms with E-state index in [1.165, 1.54) is 65.8 Å². The number of thioether (sulfide) groups is 1. The first-order valence-electron chi connectivity index (χ1n) is 19.4. The molecule has 5 aromatic rings. The molecule has 4 aromatic carbocycles. The first-order valence-corrected chi connectivity index (χ1v) is 20.2. The molecule has 0 saturated carbocycles. The molecule has 2 aliphatic heterocycles. The standard InChI is InChI=1S/C48H47N3S/c1-30-18-24-38-43(33-15-9-6-10-16-33)49-47(50(4)44(38)31(30)2)34-19-22-36(23-20-34)51-41-27-21-35(32-13-7-5-8-14-32)29-39(41)37-25-26-40-46(45(37)51)52-42-17-11-12-28-48(40,42)3/h6-7,9-16,19-27,29-31,42,44,47H,5,8,17-18,28H2,1-4H3. The molecule has 0 fully saturated rings. The molecule has 0 N–H and O–H groups in total. The van der Waals surface area contributed by atoms with Crippen LogP contribution in [-0.4, -0.2) is 33.5 Å². The smallest absolute Gasteiger partial charge is 0.129 e. The van der Waals surface area contributed by atoms with Gasteiger partial charge in [0.2, 0.25) is 0 Å². The molecule has 0 spiro atoms. The lowest BCUT2D eigenvalue weighted by Gasteiger charge is -2.46. The predicted molar refractivity (Wildman–Crippen MR) is 221 cm³/mol. The molecular formula is C48H47N3S. The van der Waals surface area contributed by atoms with Crippen molar-refractivity contribution < 1.29 is 0 Å². The maximum Gasteiger partial charge on any atom is 0.129 e. The van der Waals surface area contributed by atoms with Gasteiger partial charge in [0, 0.05) is 43.6 Å². The number of hydrogen-bond donors (Lipinski definition) is 0. The Morgan fingerprint density at radius 2 is 1.65 bits per heavy atom. The molecule has 10 rings (SSSR count). The van der Waals surface area contributed by atoms with Crippen molar-refractivity contribution in [2.45, 2.75) is 80.6 Å². The summed E-state index contributed by atoms with van der Waals surface area (Å²) in [5.74, 6) is 1.18. The Hall–Kier alpha value is -4.38. The summed E-state index contributed by atoms with van der Waals surface area (Å²) in [5, 5.41) is 3.26. The normalized spacial score (nSPS) is 28.3. The van der Waals surface area contributed by atoms with Crippen molar-refractivity contribution in [1.82, 2.24) is 9.47 Å². The van der Waals surface area contributed by atoms with Crippen molar-refractivity contribution in [3.05, 3.63) is 149 Å². The molecule has 3 nitrogen and oxygen atoms in total. The molecule has 3 aliphatic carbocycles. The van der Waals surface area contributed by atoms with E-state index < -0.39 is 0 Å². The number of hydrogen-bond acceptors (Lipinski definition) is 3. The van der Waals surface area contributed by atoms with Crippen LogP contribution < -0.4 is 0 Å². The number of likely N-dealkylation sites (N-methyl/N-ethyl adjacent to an activating group) is 1. The van der Waals surface area contributed by atoms with E-state index in [4.69, 9.17) is 4.99 Å². The molecule has 3 heterocycles. The van der Waals surface area contributed by atoms with Gasteiger partial charge in [0.25, 0.3) is 0 Å². The second-order valence-corrected chi connectivity index (χ2v) is 17.3. The molecule has 0 amide bonds. The van der Waals surface area contributed by atoms with Crippen molar-refractivity contribution in [1.29, 1.82) is 0 Å². The highest BCUT2D eigenvalue weighted by Gasteiger charge is 2.45. The Morgan fingerprint density at radius 3 is 2.46 bits per heavy atom. The van der Waals surface area contributed by atoms with Gasteiger partial charge in [0.05, 0.1) is 16.7 Å². The minimum atomic E-state index is -0.0490. The Balaban J connectivity index is 1.13. The summed E-state index contributed by atoms with van der Waals surface area (Å²) < 4.78 is 2.57. The Bertz CT molecular complexity index is 2390. The highest BCUT2D eigenvalue weighted by atomic mass is 32.2. The van der Waals surface area contributed by atoms with Crippen LogP contribution in [0.5, 0.6) is 0 Å². The number of aromatic nitrogens is 1. The zero-order chi connectivity index (χ0) is 35.1. The number of aliphatic imine (C=N–C) groups is 1. The second kappa shape index (κ2) is 12.4. The van der Waals surface area contributed by atoms with Gasteiger partial charge in [-0.15, -0.1) is 11.8 Å². The van der Waals surface area contributed by atoms with Gasteiger partial charge < -0.3 is 4.57 Å². The predicted octanol–water partition coefficient (Wildman–Crippen LogP) is 12.0. The topological polar surface area (TPSA) is 20.5 Å². The van der Waals surface area contributed by atoms with Crippen LogP contribution in [0.2, 0.25) is 0 Å². The van der Waals surface area contributed by atoms with Gasteiger partial charge in [0.15, 0.2) is 0 Å². The minimum absolute atomic E-state index is 0.0490. The highest BCUT2D eigenvalue weighted by molar-refractivity contribution is 8.00. The van der Waals surface area contributed by atoms with E-state index in [9.17, 15) is 0 Å². The monoisotopic (exact) mass is 697 g/mol. The molecular weight excluding hydrogens is 651 g/mol. The molecule has 52 heavy (non-hydrogen) atoms. The Morgan fingerprint density at radius 1 is 0.808 bits per heavy atom. The summed E-state index contributed by atoms with van der Waals surface area (Å²) in [4.78, 5) is 9.54. The SMILES string of the molecule is CC1CC=C2C(c3ccccc3)=NC(c3ccc(-n4c5ccc(C6=CCCC=C6)cc5c5ccc6c(c54)SC4CC=CCC64C)cc3)N(C)C2C1C. The van der Waals surface area contributed by atoms with Gasteiger partial charge in [0.1, 0.15) is 6.17 Å². The maximum atomic E-state index is 5.54. The maximum absolute atomic E-state index is 5.54. The second-order valence-electron chi connectivity index (χ2n) is 16.1. The zero-order valence-corrected chi connectivity index (χ0v) is 31.5. The van der Waals surface area contributed by atoms with Gasteiger partial charge >= 0.3 is 0 Å². The van der Waals surface area contributed by atoms with E-state index in [0.29, 0.717) is 23.1 Å². The molecule has 5 aliphatic rings. The molecule has 1 aromatic heterocycles. The van der Waals surface area contributed by atoms with Gasteiger partial charge in [-0.3, -0.25) is 9.89 Å². The van der Waals surface area contributed by atoms with Gasteiger partial charge in [-0.05, 0) is 103 Å². The Labute approximate surface area is 312 Å². The molecule has 6 atom stereocenters. The third-order valence-electron chi connectivity index (χ3n) is 13.1. The van der Waals surface area contributed by atoms with Crippen LogP contribution >= 0.6 is 11.8 Å². The molecule has 4 heteroatoms. The molecule has 260 valence electrons. The Kier molecular flexibility index (Phi) is 7.67. The van der Waals surface area contributed by atoms with E-state index in [1.54, 1.807) is 0 Å². The number of allylic oxidation sites excluding steroid dienone is 7. The largest absolute Gasteiger partial charge is 0.308 e. The van der Waals surface area contributed by atoms with Crippen LogP contribution in [0.15, 0.2) is 137 Å². The number of fused-ring (bicyclic) bond motifs is 8. The van der Waals surface area contributed by atoms with Crippen LogP contribution in [0.25, 0.3) is 33.1 Å². The van der Waals surface area contributed by atoms with Crippen LogP contribution in [0.3, 0.4) is 0 Å². The van der Waals surface area contributed by atoms with Crippen LogP contribution in [-0.2, 0) is 5.41 Å². The summed E-state index contributed by atoms with van der Waals surface area (Å²) in [6.07, 6.45) is 19.8. The average Bonchev–Trinajstić information content (AvgIpc) is 3.68. The van der Waals surface area contributed by atoms with Crippen LogP contribution in [0.4, 0.5) is 0 Å². The summed E-state index contributed by atoms with van der Waals surface area (Å²) >= 11 is 2.12. The fourth-order valence-corrected chi connectivity index (χ4v) is 11.6. The molecule has 0 bridgehead atoms. The number of nitrogens with zero attached hydrogens (tertiary/aromatic N) is 3.